The number of rotatable bonds is 2. The van der Waals surface area contributed by atoms with E-state index in [4.69, 9.17) is 4.99 Å². The number of aryl methyl sites for hydroxylation is 1. The van der Waals surface area contributed by atoms with E-state index in [0.29, 0.717) is 0 Å². The van der Waals surface area contributed by atoms with E-state index in [9.17, 15) is 0 Å². The average Bonchev–Trinajstić information content (AvgIpc) is 3.07. The molecule has 1 aliphatic rings. The predicted octanol–water partition coefficient (Wildman–Crippen LogP) is 6.75. The molecule has 1 heterocycles. The molecule has 0 saturated heterocycles. The van der Waals surface area contributed by atoms with Gasteiger partial charge in [0.1, 0.15) is 0 Å². The summed E-state index contributed by atoms with van der Waals surface area (Å²) in [6, 6.07) is 23.3. The summed E-state index contributed by atoms with van der Waals surface area (Å²) >= 11 is 0. The lowest BCUT2D eigenvalue weighted by molar-refractivity contribution is 1.36. The van der Waals surface area contributed by atoms with Crippen LogP contribution in [-0.4, -0.2) is 10.7 Å². The van der Waals surface area contributed by atoms with Crippen LogP contribution in [0.3, 0.4) is 0 Å². The number of nitrogens with one attached hydrogen (secondary N) is 1. The Morgan fingerprint density at radius 3 is 2.56 bits per heavy atom. The third-order valence-electron chi connectivity index (χ3n) is 5.14. The predicted molar refractivity (Wildman–Crippen MR) is 116 cm³/mol. The van der Waals surface area contributed by atoms with Gasteiger partial charge in [-0.2, -0.15) is 0 Å². The van der Waals surface area contributed by atoms with E-state index in [-0.39, 0.29) is 0 Å². The smallest absolute Gasteiger partial charge is 0.0683 e. The highest BCUT2D eigenvalue weighted by atomic mass is 14.8. The second-order valence-electron chi connectivity index (χ2n) is 7.03. The monoisotopic (exact) mass is 348 g/mol. The molecule has 0 spiro atoms. The molecule has 0 radical (unpaired) electrons. The summed E-state index contributed by atoms with van der Waals surface area (Å²) in [6.45, 7) is 2.14. The number of fused-ring (bicyclic) bond motifs is 3. The quantitative estimate of drug-likeness (QED) is 0.415. The van der Waals surface area contributed by atoms with Crippen LogP contribution in [-0.2, 0) is 0 Å². The highest BCUT2D eigenvalue weighted by Crippen LogP contribution is 2.32. The van der Waals surface area contributed by atoms with Crippen molar-refractivity contribution in [3.63, 3.8) is 0 Å². The van der Waals surface area contributed by atoms with E-state index in [1.54, 1.807) is 0 Å². The first kappa shape index (κ1) is 15.8. The zero-order valence-corrected chi connectivity index (χ0v) is 15.2. The molecule has 0 atom stereocenters. The molecule has 1 aliphatic carbocycles. The molecule has 0 bridgehead atoms. The molecule has 0 fully saturated rings. The lowest BCUT2D eigenvalue weighted by Gasteiger charge is -2.10. The van der Waals surface area contributed by atoms with Crippen LogP contribution in [0.25, 0.3) is 27.4 Å². The molecule has 130 valence electrons. The Bertz CT molecular complexity index is 1240. The van der Waals surface area contributed by atoms with Crippen LogP contribution in [0.5, 0.6) is 0 Å². The van der Waals surface area contributed by atoms with Crippen LogP contribution in [0.15, 0.2) is 90.0 Å². The fourth-order valence-electron chi connectivity index (χ4n) is 3.75. The van der Waals surface area contributed by atoms with Crippen molar-refractivity contribution in [3.05, 3.63) is 96.1 Å². The molecule has 0 unspecified atom stereocenters. The van der Waals surface area contributed by atoms with E-state index >= 15 is 0 Å². The molecule has 0 saturated carbocycles. The summed E-state index contributed by atoms with van der Waals surface area (Å²) in [5.74, 6) is 0. The maximum atomic E-state index is 4.98. The summed E-state index contributed by atoms with van der Waals surface area (Å²) in [6.07, 6.45) is 7.44. The van der Waals surface area contributed by atoms with Gasteiger partial charge in [0.05, 0.1) is 5.69 Å². The Morgan fingerprint density at radius 1 is 0.852 bits per heavy atom. The van der Waals surface area contributed by atoms with Crippen LogP contribution in [0.1, 0.15) is 17.5 Å². The van der Waals surface area contributed by atoms with E-state index < -0.39 is 0 Å². The number of allylic oxidation sites excluding steroid dienone is 4. The van der Waals surface area contributed by atoms with Gasteiger partial charge in [0, 0.05) is 33.9 Å². The Morgan fingerprint density at radius 2 is 1.67 bits per heavy atom. The van der Waals surface area contributed by atoms with Crippen molar-refractivity contribution in [3.8, 4) is 0 Å². The first-order valence-electron chi connectivity index (χ1n) is 9.30. The van der Waals surface area contributed by atoms with Gasteiger partial charge in [-0.15, -0.1) is 0 Å². The Labute approximate surface area is 158 Å². The van der Waals surface area contributed by atoms with Gasteiger partial charge in [-0.3, -0.25) is 4.99 Å². The van der Waals surface area contributed by atoms with Crippen LogP contribution >= 0.6 is 0 Å². The Balaban J connectivity index is 1.59. The zero-order valence-electron chi connectivity index (χ0n) is 15.2. The fraction of sp³-hybridized carbons (Fsp3) is 0.0800. The number of H-pyrrole nitrogens is 1. The summed E-state index contributed by atoms with van der Waals surface area (Å²) in [5, 5.41) is 2.53. The SMILES string of the molecule is Cc1cc2c(cc1/N=C1/C=C(c3ccccc3)C=CC1)[nH]c1ccccc12. The average molecular weight is 348 g/mol. The van der Waals surface area contributed by atoms with Crippen LogP contribution in [0.2, 0.25) is 0 Å². The minimum Gasteiger partial charge on any atom is -0.354 e. The van der Waals surface area contributed by atoms with Gasteiger partial charge in [-0.25, -0.2) is 0 Å². The largest absolute Gasteiger partial charge is 0.354 e. The summed E-state index contributed by atoms with van der Waals surface area (Å²) < 4.78 is 0. The topological polar surface area (TPSA) is 28.1 Å². The van der Waals surface area contributed by atoms with Gasteiger partial charge in [-0.1, -0.05) is 60.7 Å². The number of aromatic amines is 1. The van der Waals surface area contributed by atoms with Gasteiger partial charge in [0.25, 0.3) is 0 Å². The first-order chi connectivity index (χ1) is 13.3. The molecule has 1 aromatic heterocycles. The number of benzene rings is 3. The Kier molecular flexibility index (Phi) is 3.75. The fourth-order valence-corrected chi connectivity index (χ4v) is 3.75. The second-order valence-corrected chi connectivity index (χ2v) is 7.03. The number of para-hydroxylation sites is 1. The molecule has 2 heteroatoms. The highest BCUT2D eigenvalue weighted by Gasteiger charge is 2.09. The molecule has 0 aliphatic heterocycles. The number of hydrogen-bond donors (Lipinski definition) is 1. The normalized spacial score (nSPS) is 15.6. The number of aliphatic imine (C=N–C) groups is 1. The maximum Gasteiger partial charge on any atom is 0.0683 e. The van der Waals surface area contributed by atoms with Crippen molar-refractivity contribution in [1.82, 2.24) is 4.98 Å². The lowest BCUT2D eigenvalue weighted by Crippen LogP contribution is -1.98. The van der Waals surface area contributed by atoms with E-state index in [1.165, 1.54) is 33.0 Å². The minimum atomic E-state index is 0.862. The number of nitrogens with zero attached hydrogens (tertiary/aromatic N) is 1. The van der Waals surface area contributed by atoms with Crippen molar-refractivity contribution in [1.29, 1.82) is 0 Å². The van der Waals surface area contributed by atoms with Crippen molar-refractivity contribution in [2.24, 2.45) is 4.99 Å². The zero-order chi connectivity index (χ0) is 18.2. The first-order valence-corrected chi connectivity index (χ1v) is 9.30. The third-order valence-corrected chi connectivity index (χ3v) is 5.14. The molecule has 3 aromatic carbocycles. The van der Waals surface area contributed by atoms with Crippen molar-refractivity contribution < 1.29 is 0 Å². The molecule has 4 aromatic rings. The molecule has 27 heavy (non-hydrogen) atoms. The van der Waals surface area contributed by atoms with E-state index in [0.717, 1.165) is 23.3 Å². The summed E-state index contributed by atoms with van der Waals surface area (Å²) in [4.78, 5) is 8.50. The molecule has 2 nitrogen and oxygen atoms in total. The Hall–Kier alpha value is -3.39. The molecular weight excluding hydrogens is 328 g/mol. The summed E-state index contributed by atoms with van der Waals surface area (Å²) in [7, 11) is 0. The maximum absolute atomic E-state index is 4.98. The van der Waals surface area contributed by atoms with Gasteiger partial charge in [0.15, 0.2) is 0 Å². The van der Waals surface area contributed by atoms with Crippen molar-refractivity contribution >= 4 is 38.8 Å². The van der Waals surface area contributed by atoms with Crippen molar-refractivity contribution in [2.75, 3.05) is 0 Å². The molecule has 0 amide bonds. The highest BCUT2D eigenvalue weighted by molar-refractivity contribution is 6.10. The number of aromatic nitrogens is 1. The molecular formula is C25H20N2. The minimum absolute atomic E-state index is 0.862. The lowest BCUT2D eigenvalue weighted by atomic mass is 9.98. The van der Waals surface area contributed by atoms with Gasteiger partial charge in [0.2, 0.25) is 0 Å². The second kappa shape index (κ2) is 6.40. The van der Waals surface area contributed by atoms with E-state index in [2.05, 4.69) is 90.8 Å². The third kappa shape index (κ3) is 2.89. The van der Waals surface area contributed by atoms with Crippen LogP contribution < -0.4 is 0 Å². The van der Waals surface area contributed by atoms with Gasteiger partial charge >= 0.3 is 0 Å². The van der Waals surface area contributed by atoms with Gasteiger partial charge < -0.3 is 4.98 Å². The number of hydrogen-bond acceptors (Lipinski definition) is 1. The molecule has 5 rings (SSSR count). The standard InChI is InChI=1S/C25H20N2/c1-17-14-22-21-12-5-6-13-23(21)27-25(22)16-24(17)26-20-11-7-10-19(15-20)18-8-3-2-4-9-18/h2-10,12-16,27H,11H2,1H3/b26-20+. The van der Waals surface area contributed by atoms with E-state index in [1.807, 2.05) is 6.07 Å². The molecule has 1 N–H and O–H groups in total. The van der Waals surface area contributed by atoms with Crippen LogP contribution in [0.4, 0.5) is 5.69 Å². The van der Waals surface area contributed by atoms with Crippen LogP contribution in [0, 0.1) is 6.92 Å². The summed E-state index contributed by atoms with van der Waals surface area (Å²) in [5.41, 5.74) is 8.07. The van der Waals surface area contributed by atoms with Crippen molar-refractivity contribution in [2.45, 2.75) is 13.3 Å². The van der Waals surface area contributed by atoms with Gasteiger partial charge in [-0.05, 0) is 47.9 Å².